The van der Waals surface area contributed by atoms with E-state index in [2.05, 4.69) is 0 Å². The summed E-state index contributed by atoms with van der Waals surface area (Å²) in [7, 11) is 1.33. The average molecular weight is 239 g/mol. The fourth-order valence-corrected chi connectivity index (χ4v) is 1.24. The number of carbonyl (C=O) groups excluding carboxylic acids is 1. The molecule has 17 heavy (non-hydrogen) atoms. The highest BCUT2D eigenvalue weighted by atomic mass is 16.6. The molecule has 0 unspecified atom stereocenters. The van der Waals surface area contributed by atoms with Crippen molar-refractivity contribution >= 4 is 11.7 Å². The van der Waals surface area contributed by atoms with Crippen molar-refractivity contribution in [3.63, 3.8) is 0 Å². The third-order valence-corrected chi connectivity index (χ3v) is 1.95. The van der Waals surface area contributed by atoms with Gasteiger partial charge in [-0.3, -0.25) is 10.1 Å². The Morgan fingerprint density at radius 1 is 1.41 bits per heavy atom. The van der Waals surface area contributed by atoms with Gasteiger partial charge < -0.3 is 9.47 Å². The fraction of sp³-hybridized carbons (Fsp3) is 0.364. The van der Waals surface area contributed by atoms with Gasteiger partial charge in [0, 0.05) is 6.07 Å². The van der Waals surface area contributed by atoms with Gasteiger partial charge in [-0.2, -0.15) is 0 Å². The molecule has 0 saturated heterocycles. The van der Waals surface area contributed by atoms with Gasteiger partial charge in [0.2, 0.25) is 0 Å². The third kappa shape index (κ3) is 3.17. The molecule has 0 spiro atoms. The molecule has 0 aliphatic rings. The number of esters is 1. The molecule has 0 heterocycles. The van der Waals surface area contributed by atoms with Crippen LogP contribution in [0.2, 0.25) is 0 Å². The van der Waals surface area contributed by atoms with Crippen LogP contribution in [0.3, 0.4) is 0 Å². The minimum atomic E-state index is -0.606. The van der Waals surface area contributed by atoms with E-state index in [0.717, 1.165) is 6.07 Å². The number of hydrogen-bond donors (Lipinski definition) is 0. The fourth-order valence-electron chi connectivity index (χ4n) is 1.24. The van der Waals surface area contributed by atoms with Crippen LogP contribution in [0.15, 0.2) is 18.2 Å². The SMILES string of the molecule is COc1ccc(C(=O)OC(C)C)cc1[N+](=O)[O-]. The summed E-state index contributed by atoms with van der Waals surface area (Å²) in [5.74, 6) is -0.484. The maximum Gasteiger partial charge on any atom is 0.338 e. The monoisotopic (exact) mass is 239 g/mol. The molecule has 0 saturated carbocycles. The van der Waals surface area contributed by atoms with Crippen molar-refractivity contribution in [3.8, 4) is 5.75 Å². The maximum absolute atomic E-state index is 11.5. The Balaban J connectivity index is 3.08. The van der Waals surface area contributed by atoms with Gasteiger partial charge in [0.1, 0.15) is 0 Å². The van der Waals surface area contributed by atoms with Crippen LogP contribution < -0.4 is 4.74 Å². The van der Waals surface area contributed by atoms with Crippen LogP contribution in [0, 0.1) is 10.1 Å². The summed E-state index contributed by atoms with van der Waals surface area (Å²) >= 11 is 0. The third-order valence-electron chi connectivity index (χ3n) is 1.95. The van der Waals surface area contributed by atoms with Crippen LogP contribution in [0.25, 0.3) is 0 Å². The van der Waals surface area contributed by atoms with Gasteiger partial charge in [0.15, 0.2) is 5.75 Å². The first kappa shape index (κ1) is 13.0. The van der Waals surface area contributed by atoms with Crippen molar-refractivity contribution < 1.29 is 19.2 Å². The molecule has 1 rings (SSSR count). The number of nitro benzene ring substituents is 1. The Morgan fingerprint density at radius 2 is 2.06 bits per heavy atom. The minimum Gasteiger partial charge on any atom is -0.490 e. The van der Waals surface area contributed by atoms with Gasteiger partial charge in [-0.1, -0.05) is 0 Å². The van der Waals surface area contributed by atoms with Crippen LogP contribution in [0.1, 0.15) is 24.2 Å². The molecule has 0 aliphatic carbocycles. The van der Waals surface area contributed by atoms with Gasteiger partial charge in [-0.25, -0.2) is 4.79 Å². The first-order chi connectivity index (χ1) is 7.95. The molecule has 6 heteroatoms. The van der Waals surface area contributed by atoms with Gasteiger partial charge in [0.25, 0.3) is 0 Å². The van der Waals surface area contributed by atoms with Gasteiger partial charge in [-0.15, -0.1) is 0 Å². The summed E-state index contributed by atoms with van der Waals surface area (Å²) in [6, 6.07) is 3.94. The molecular weight excluding hydrogens is 226 g/mol. The van der Waals surface area contributed by atoms with Crippen molar-refractivity contribution in [2.24, 2.45) is 0 Å². The first-order valence-electron chi connectivity index (χ1n) is 4.99. The molecule has 0 N–H and O–H groups in total. The van der Waals surface area contributed by atoms with E-state index in [1.165, 1.54) is 19.2 Å². The van der Waals surface area contributed by atoms with Crippen molar-refractivity contribution in [2.45, 2.75) is 20.0 Å². The van der Waals surface area contributed by atoms with E-state index in [4.69, 9.17) is 9.47 Å². The molecule has 0 radical (unpaired) electrons. The number of ether oxygens (including phenoxy) is 2. The van der Waals surface area contributed by atoms with Crippen LogP contribution in [0.4, 0.5) is 5.69 Å². The molecule has 92 valence electrons. The lowest BCUT2D eigenvalue weighted by Crippen LogP contribution is -2.11. The maximum atomic E-state index is 11.5. The molecule has 0 bridgehead atoms. The molecular formula is C11H13NO5. The van der Waals surface area contributed by atoms with E-state index in [0.29, 0.717) is 0 Å². The molecule has 1 aromatic rings. The zero-order valence-corrected chi connectivity index (χ0v) is 9.80. The minimum absolute atomic E-state index is 0.107. The number of nitro groups is 1. The molecule has 0 fully saturated rings. The summed E-state index contributed by atoms with van der Waals surface area (Å²) in [4.78, 5) is 21.7. The van der Waals surface area contributed by atoms with Crippen LogP contribution in [-0.4, -0.2) is 24.1 Å². The highest BCUT2D eigenvalue weighted by Crippen LogP contribution is 2.27. The van der Waals surface area contributed by atoms with Crippen LogP contribution >= 0.6 is 0 Å². The van der Waals surface area contributed by atoms with Crippen molar-refractivity contribution in [3.05, 3.63) is 33.9 Å². The lowest BCUT2D eigenvalue weighted by Gasteiger charge is -2.08. The van der Waals surface area contributed by atoms with Crippen LogP contribution in [0.5, 0.6) is 5.75 Å². The van der Waals surface area contributed by atoms with Crippen molar-refractivity contribution in [1.82, 2.24) is 0 Å². The van der Waals surface area contributed by atoms with Gasteiger partial charge in [-0.05, 0) is 26.0 Å². The molecule has 1 aromatic carbocycles. The molecule has 0 aliphatic heterocycles. The molecule has 0 atom stereocenters. The Bertz CT molecular complexity index is 441. The Labute approximate surface area is 98.3 Å². The van der Waals surface area contributed by atoms with E-state index in [1.807, 2.05) is 0 Å². The molecule has 0 aromatic heterocycles. The predicted molar refractivity (Wildman–Crippen MR) is 60.2 cm³/mol. The van der Waals surface area contributed by atoms with E-state index in [1.54, 1.807) is 13.8 Å². The highest BCUT2D eigenvalue weighted by molar-refractivity contribution is 5.90. The zero-order chi connectivity index (χ0) is 13.0. The van der Waals surface area contributed by atoms with E-state index in [9.17, 15) is 14.9 Å². The summed E-state index contributed by atoms with van der Waals surface area (Å²) < 4.78 is 9.77. The number of hydrogen-bond acceptors (Lipinski definition) is 5. The van der Waals surface area contributed by atoms with E-state index < -0.39 is 10.9 Å². The summed E-state index contributed by atoms with van der Waals surface area (Å²) in [5.41, 5.74) is -0.128. The van der Waals surface area contributed by atoms with Crippen LogP contribution in [-0.2, 0) is 4.74 Å². The second-order valence-corrected chi connectivity index (χ2v) is 3.60. The number of nitrogens with zero attached hydrogens (tertiary/aromatic N) is 1. The van der Waals surface area contributed by atoms with Gasteiger partial charge in [0.05, 0.1) is 23.7 Å². The number of carbonyl (C=O) groups is 1. The standard InChI is InChI=1S/C11H13NO5/c1-7(2)17-11(13)8-4-5-10(16-3)9(6-8)12(14)15/h4-7H,1-3H3. The zero-order valence-electron chi connectivity index (χ0n) is 9.80. The summed E-state index contributed by atoms with van der Waals surface area (Å²) in [6.45, 7) is 3.41. The Kier molecular flexibility index (Phi) is 4.03. The highest BCUT2D eigenvalue weighted by Gasteiger charge is 2.19. The lowest BCUT2D eigenvalue weighted by molar-refractivity contribution is -0.385. The molecule has 6 nitrogen and oxygen atoms in total. The topological polar surface area (TPSA) is 78.7 Å². The lowest BCUT2D eigenvalue weighted by atomic mass is 10.2. The number of benzene rings is 1. The molecule has 0 amide bonds. The smallest absolute Gasteiger partial charge is 0.338 e. The van der Waals surface area contributed by atoms with Crippen molar-refractivity contribution in [2.75, 3.05) is 7.11 Å². The van der Waals surface area contributed by atoms with Gasteiger partial charge >= 0.3 is 11.7 Å². The quantitative estimate of drug-likeness (QED) is 0.457. The van der Waals surface area contributed by atoms with E-state index >= 15 is 0 Å². The number of rotatable bonds is 4. The van der Waals surface area contributed by atoms with E-state index in [-0.39, 0.29) is 23.1 Å². The van der Waals surface area contributed by atoms with Crippen molar-refractivity contribution in [1.29, 1.82) is 0 Å². The summed E-state index contributed by atoms with van der Waals surface area (Å²) in [6.07, 6.45) is -0.274. The Morgan fingerprint density at radius 3 is 2.53 bits per heavy atom. The average Bonchev–Trinajstić information content (AvgIpc) is 2.27. The largest absolute Gasteiger partial charge is 0.490 e. The first-order valence-corrected chi connectivity index (χ1v) is 4.99. The normalized spacial score (nSPS) is 10.1. The second kappa shape index (κ2) is 5.29. The summed E-state index contributed by atoms with van der Waals surface area (Å²) in [5, 5.41) is 10.8. The second-order valence-electron chi connectivity index (χ2n) is 3.60. The predicted octanol–water partition coefficient (Wildman–Crippen LogP) is 2.17. The Hall–Kier alpha value is -2.11. The number of methoxy groups -OCH3 is 1.